The highest BCUT2D eigenvalue weighted by molar-refractivity contribution is 6.34. The molecule has 0 aliphatic carbocycles. The SMILES string of the molecule is CN1CCc2c(c(C#N)nn2-c2cc(Cl)cc(Cl)c2)C1. The number of hydrogen-bond acceptors (Lipinski definition) is 3. The van der Waals surface area contributed by atoms with Crippen LogP contribution in [0.5, 0.6) is 0 Å². The molecule has 6 heteroatoms. The molecule has 102 valence electrons. The highest BCUT2D eigenvalue weighted by Gasteiger charge is 2.24. The molecule has 0 radical (unpaired) electrons. The molecule has 1 aliphatic rings. The van der Waals surface area contributed by atoms with Gasteiger partial charge in [-0.1, -0.05) is 23.2 Å². The lowest BCUT2D eigenvalue weighted by atomic mass is 10.1. The van der Waals surface area contributed by atoms with Crippen LogP contribution in [0.1, 0.15) is 17.0 Å². The Morgan fingerprint density at radius 3 is 2.60 bits per heavy atom. The van der Waals surface area contributed by atoms with Crippen molar-refractivity contribution in [1.29, 1.82) is 5.26 Å². The van der Waals surface area contributed by atoms with Crippen LogP contribution in [0.2, 0.25) is 10.0 Å². The van der Waals surface area contributed by atoms with Crippen molar-refractivity contribution in [1.82, 2.24) is 14.7 Å². The fourth-order valence-electron chi connectivity index (χ4n) is 2.52. The molecule has 0 spiro atoms. The highest BCUT2D eigenvalue weighted by atomic mass is 35.5. The van der Waals surface area contributed by atoms with Gasteiger partial charge in [-0.2, -0.15) is 10.4 Å². The van der Waals surface area contributed by atoms with Crippen molar-refractivity contribution >= 4 is 23.2 Å². The molecule has 0 saturated carbocycles. The molecule has 2 heterocycles. The van der Waals surface area contributed by atoms with E-state index in [9.17, 15) is 5.26 Å². The van der Waals surface area contributed by atoms with Crippen LogP contribution in [-0.4, -0.2) is 28.3 Å². The van der Waals surface area contributed by atoms with Gasteiger partial charge in [-0.25, -0.2) is 4.68 Å². The Bertz CT molecular complexity index is 694. The minimum atomic E-state index is 0.475. The summed E-state index contributed by atoms with van der Waals surface area (Å²) in [4.78, 5) is 2.18. The summed E-state index contributed by atoms with van der Waals surface area (Å²) in [6.07, 6.45) is 0.852. The quantitative estimate of drug-likeness (QED) is 0.813. The molecule has 0 fully saturated rings. The second-order valence-electron chi connectivity index (χ2n) is 4.91. The van der Waals surface area contributed by atoms with E-state index in [1.807, 2.05) is 7.05 Å². The largest absolute Gasteiger partial charge is 0.302 e. The molecule has 1 aromatic carbocycles. The predicted octanol–water partition coefficient (Wildman–Crippen LogP) is 3.04. The van der Waals surface area contributed by atoms with Crippen molar-refractivity contribution in [3.63, 3.8) is 0 Å². The summed E-state index contributed by atoms with van der Waals surface area (Å²) in [5.41, 5.74) is 3.34. The molecule has 2 aromatic rings. The zero-order valence-corrected chi connectivity index (χ0v) is 12.4. The van der Waals surface area contributed by atoms with E-state index in [2.05, 4.69) is 16.1 Å². The van der Waals surface area contributed by atoms with Crippen molar-refractivity contribution in [2.24, 2.45) is 0 Å². The van der Waals surface area contributed by atoms with E-state index in [-0.39, 0.29) is 0 Å². The summed E-state index contributed by atoms with van der Waals surface area (Å²) in [7, 11) is 2.04. The van der Waals surface area contributed by atoms with E-state index < -0.39 is 0 Å². The molecule has 0 N–H and O–H groups in total. The van der Waals surface area contributed by atoms with Gasteiger partial charge >= 0.3 is 0 Å². The molecule has 1 aromatic heterocycles. The zero-order chi connectivity index (χ0) is 14.3. The fraction of sp³-hybridized carbons (Fsp3) is 0.286. The monoisotopic (exact) mass is 306 g/mol. The van der Waals surface area contributed by atoms with Gasteiger partial charge < -0.3 is 4.90 Å². The summed E-state index contributed by atoms with van der Waals surface area (Å²) in [5.74, 6) is 0. The molecular weight excluding hydrogens is 295 g/mol. The average molecular weight is 307 g/mol. The number of nitriles is 1. The Kier molecular flexibility index (Phi) is 3.43. The standard InChI is InChI=1S/C14H12Cl2N4/c1-19-3-2-14-12(8-19)13(7-17)18-20(14)11-5-9(15)4-10(16)6-11/h4-6H,2-3,8H2,1H3. The van der Waals surface area contributed by atoms with Crippen LogP contribution < -0.4 is 0 Å². The Labute approximate surface area is 127 Å². The Morgan fingerprint density at radius 2 is 1.95 bits per heavy atom. The molecule has 3 rings (SSSR count). The first-order valence-corrected chi connectivity index (χ1v) is 7.00. The second kappa shape index (κ2) is 5.10. The van der Waals surface area contributed by atoms with Crippen LogP contribution in [0.3, 0.4) is 0 Å². The zero-order valence-electron chi connectivity index (χ0n) is 10.9. The van der Waals surface area contributed by atoms with Gasteiger partial charge in [0.1, 0.15) is 6.07 Å². The van der Waals surface area contributed by atoms with Crippen LogP contribution in [0.15, 0.2) is 18.2 Å². The Morgan fingerprint density at radius 1 is 1.25 bits per heavy atom. The number of aromatic nitrogens is 2. The molecular formula is C14H12Cl2N4. The Balaban J connectivity index is 2.18. The van der Waals surface area contributed by atoms with E-state index in [1.54, 1.807) is 22.9 Å². The molecule has 0 bridgehead atoms. The van der Waals surface area contributed by atoms with Gasteiger partial charge in [0.05, 0.1) is 11.4 Å². The smallest absolute Gasteiger partial charge is 0.167 e. The lowest BCUT2D eigenvalue weighted by Gasteiger charge is -2.23. The lowest BCUT2D eigenvalue weighted by molar-refractivity contribution is 0.310. The highest BCUT2D eigenvalue weighted by Crippen LogP contribution is 2.27. The molecule has 4 nitrogen and oxygen atoms in total. The van der Waals surface area contributed by atoms with Crippen LogP contribution in [0.4, 0.5) is 0 Å². The molecule has 0 atom stereocenters. The maximum absolute atomic E-state index is 9.25. The van der Waals surface area contributed by atoms with Crippen LogP contribution >= 0.6 is 23.2 Å². The average Bonchev–Trinajstić information content (AvgIpc) is 2.75. The summed E-state index contributed by atoms with van der Waals surface area (Å²) in [6, 6.07) is 7.46. The normalized spacial score (nSPS) is 14.9. The third kappa shape index (κ3) is 2.29. The number of hydrogen-bond donors (Lipinski definition) is 0. The van der Waals surface area contributed by atoms with Crippen molar-refractivity contribution in [3.05, 3.63) is 45.2 Å². The lowest BCUT2D eigenvalue weighted by Crippen LogP contribution is -2.27. The van der Waals surface area contributed by atoms with Crippen molar-refractivity contribution < 1.29 is 0 Å². The van der Waals surface area contributed by atoms with Gasteiger partial charge in [-0.15, -0.1) is 0 Å². The van der Waals surface area contributed by atoms with E-state index in [0.717, 1.165) is 36.5 Å². The van der Waals surface area contributed by atoms with Gasteiger partial charge in [-0.3, -0.25) is 0 Å². The van der Waals surface area contributed by atoms with Gasteiger partial charge in [0, 0.05) is 35.1 Å². The minimum Gasteiger partial charge on any atom is -0.302 e. The maximum atomic E-state index is 9.25. The molecule has 0 amide bonds. The van der Waals surface area contributed by atoms with Crippen LogP contribution in [0.25, 0.3) is 5.69 Å². The van der Waals surface area contributed by atoms with Gasteiger partial charge in [0.15, 0.2) is 5.69 Å². The van der Waals surface area contributed by atoms with Crippen molar-refractivity contribution in [3.8, 4) is 11.8 Å². The summed E-state index contributed by atoms with van der Waals surface area (Å²) >= 11 is 12.1. The number of rotatable bonds is 1. The second-order valence-corrected chi connectivity index (χ2v) is 5.79. The van der Waals surface area contributed by atoms with Crippen LogP contribution in [0, 0.1) is 11.3 Å². The number of benzene rings is 1. The fourth-order valence-corrected chi connectivity index (χ4v) is 3.03. The van der Waals surface area contributed by atoms with Gasteiger partial charge in [0.2, 0.25) is 0 Å². The Hall–Kier alpha value is -1.54. The third-order valence-electron chi connectivity index (χ3n) is 3.45. The van der Waals surface area contributed by atoms with Crippen molar-refractivity contribution in [2.75, 3.05) is 13.6 Å². The number of nitrogens with zero attached hydrogens (tertiary/aromatic N) is 4. The first-order chi connectivity index (χ1) is 9.58. The number of halogens is 2. The topological polar surface area (TPSA) is 44.9 Å². The number of likely N-dealkylation sites (N-methyl/N-ethyl adjacent to an activating group) is 1. The summed E-state index contributed by atoms with van der Waals surface area (Å²) in [5, 5.41) is 14.8. The molecule has 1 aliphatic heterocycles. The molecule has 0 saturated heterocycles. The minimum absolute atomic E-state index is 0.475. The van der Waals surface area contributed by atoms with Crippen LogP contribution in [-0.2, 0) is 13.0 Å². The molecule has 0 unspecified atom stereocenters. The van der Waals surface area contributed by atoms with Crippen molar-refractivity contribution in [2.45, 2.75) is 13.0 Å². The summed E-state index contributed by atoms with van der Waals surface area (Å²) < 4.78 is 1.79. The first-order valence-electron chi connectivity index (χ1n) is 6.24. The maximum Gasteiger partial charge on any atom is 0.167 e. The first kappa shape index (κ1) is 13.4. The number of fused-ring (bicyclic) bond motifs is 1. The predicted molar refractivity (Wildman–Crippen MR) is 78.3 cm³/mol. The molecule has 20 heavy (non-hydrogen) atoms. The van der Waals surface area contributed by atoms with E-state index in [0.29, 0.717) is 15.7 Å². The van der Waals surface area contributed by atoms with E-state index in [1.165, 1.54) is 0 Å². The van der Waals surface area contributed by atoms with Gasteiger partial charge in [0.25, 0.3) is 0 Å². The summed E-state index contributed by atoms with van der Waals surface area (Å²) in [6.45, 7) is 1.68. The van der Waals surface area contributed by atoms with E-state index >= 15 is 0 Å². The van der Waals surface area contributed by atoms with E-state index in [4.69, 9.17) is 23.2 Å². The third-order valence-corrected chi connectivity index (χ3v) is 3.88. The van der Waals surface area contributed by atoms with Gasteiger partial charge in [-0.05, 0) is 25.2 Å².